The first kappa shape index (κ1) is 32.8. The second-order valence-corrected chi connectivity index (χ2v) is 17.5. The summed E-state index contributed by atoms with van der Waals surface area (Å²) in [5.74, 6) is 0. The van der Waals surface area contributed by atoms with Crippen LogP contribution < -0.4 is 5.32 Å². The van der Waals surface area contributed by atoms with Gasteiger partial charge in [-0.3, -0.25) is 5.32 Å². The number of piperidine rings is 1. The minimum Gasteiger partial charge on any atom is -0.290 e. The van der Waals surface area contributed by atoms with Crippen molar-refractivity contribution in [1.29, 1.82) is 0 Å². The first-order valence-electron chi connectivity index (χ1n) is 21.3. The Bertz CT molecular complexity index is 2640. The zero-order chi connectivity index (χ0) is 38.0. The fourth-order valence-electron chi connectivity index (χ4n) is 12.4. The fraction of sp³-hybridized carbons (Fsp3) is 0.158. The van der Waals surface area contributed by atoms with E-state index in [0.717, 1.165) is 44.9 Å². The Morgan fingerprint density at radius 3 is 0.828 bits per heavy atom. The Balaban J connectivity index is 1.11. The summed E-state index contributed by atoms with van der Waals surface area (Å²) in [6, 6.07) is 65.3. The Labute approximate surface area is 341 Å². The summed E-state index contributed by atoms with van der Waals surface area (Å²) in [4.78, 5) is 0. The Kier molecular flexibility index (Phi) is 6.85. The van der Waals surface area contributed by atoms with Crippen molar-refractivity contribution in [3.63, 3.8) is 0 Å². The summed E-state index contributed by atoms with van der Waals surface area (Å²) in [6.07, 6.45) is 6.98. The molecule has 8 aromatic carbocycles. The van der Waals surface area contributed by atoms with Crippen molar-refractivity contribution >= 4 is 0 Å². The molecule has 0 aromatic heterocycles. The highest BCUT2D eigenvalue weighted by molar-refractivity contribution is 5.84. The van der Waals surface area contributed by atoms with E-state index in [0.29, 0.717) is 0 Å². The topological polar surface area (TPSA) is 12.0 Å². The molecule has 1 heteroatoms. The van der Waals surface area contributed by atoms with E-state index >= 15 is 0 Å². The molecule has 1 N–H and O–H groups in total. The van der Waals surface area contributed by atoms with Crippen molar-refractivity contribution in [2.75, 3.05) is 0 Å². The van der Waals surface area contributed by atoms with Crippen LogP contribution in [0.2, 0.25) is 0 Å². The van der Waals surface area contributed by atoms with Crippen LogP contribution in [0.3, 0.4) is 0 Å². The Morgan fingerprint density at radius 2 is 0.534 bits per heavy atom. The number of hydrogen-bond donors (Lipinski definition) is 1. The standard InChI is InChI=1S/C57H43N/c1-5-18-40-36(14-1)32-48-44(40)22-9-26-52(48)56(53-27-10-23-45-41-19-6-2-15-37(41)33-49(45)53)30-13-31-57(58-56,54-28-11-24-46-42-20-7-3-16-38(42)34-50(46)54)55-29-12-25-47-43-21-8-4-17-39(43)35-51(47)55/h1-12,14-29,58H,13,30-35H2. The summed E-state index contributed by atoms with van der Waals surface area (Å²) >= 11 is 0. The maximum absolute atomic E-state index is 4.87. The maximum Gasteiger partial charge on any atom is 0.0705 e. The van der Waals surface area contributed by atoms with E-state index in [1.165, 1.54) is 111 Å². The van der Waals surface area contributed by atoms with Crippen molar-refractivity contribution < 1.29 is 0 Å². The molecule has 1 heterocycles. The molecule has 5 aliphatic rings. The third-order valence-electron chi connectivity index (χ3n) is 14.8. The van der Waals surface area contributed by atoms with Crippen molar-refractivity contribution in [3.8, 4) is 44.5 Å². The van der Waals surface area contributed by atoms with E-state index in [-0.39, 0.29) is 0 Å². The summed E-state index contributed by atoms with van der Waals surface area (Å²) in [7, 11) is 0. The lowest BCUT2D eigenvalue weighted by Crippen LogP contribution is -2.59. The van der Waals surface area contributed by atoms with E-state index in [1.54, 1.807) is 0 Å². The van der Waals surface area contributed by atoms with Crippen LogP contribution in [0.15, 0.2) is 170 Å². The Hall–Kier alpha value is -6.28. The molecule has 1 fully saturated rings. The highest BCUT2D eigenvalue weighted by Gasteiger charge is 2.52. The van der Waals surface area contributed by atoms with Crippen molar-refractivity contribution in [3.05, 3.63) is 237 Å². The van der Waals surface area contributed by atoms with Gasteiger partial charge in [-0.05, 0) is 156 Å². The molecule has 13 rings (SSSR count). The predicted octanol–water partition coefficient (Wildman–Crippen LogP) is 12.9. The minimum atomic E-state index is -0.457. The van der Waals surface area contributed by atoms with Gasteiger partial charge < -0.3 is 0 Å². The van der Waals surface area contributed by atoms with Gasteiger partial charge in [0.25, 0.3) is 0 Å². The molecule has 0 radical (unpaired) electrons. The van der Waals surface area contributed by atoms with Gasteiger partial charge in [-0.1, -0.05) is 170 Å². The molecular weight excluding hydrogens is 699 g/mol. The van der Waals surface area contributed by atoms with Crippen LogP contribution in [0.25, 0.3) is 44.5 Å². The van der Waals surface area contributed by atoms with E-state index < -0.39 is 11.1 Å². The zero-order valence-electron chi connectivity index (χ0n) is 32.6. The van der Waals surface area contributed by atoms with Gasteiger partial charge in [-0.2, -0.15) is 0 Å². The van der Waals surface area contributed by atoms with E-state index in [1.807, 2.05) is 0 Å². The van der Waals surface area contributed by atoms with E-state index in [9.17, 15) is 0 Å². The lowest BCUT2D eigenvalue weighted by Gasteiger charge is -2.53. The Morgan fingerprint density at radius 1 is 0.276 bits per heavy atom. The van der Waals surface area contributed by atoms with Gasteiger partial charge in [-0.15, -0.1) is 0 Å². The largest absolute Gasteiger partial charge is 0.290 e. The average Bonchev–Trinajstić information content (AvgIpc) is 4.06. The number of rotatable bonds is 4. The highest BCUT2D eigenvalue weighted by Crippen LogP contribution is 2.57. The maximum atomic E-state index is 4.87. The summed E-state index contributed by atoms with van der Waals surface area (Å²) < 4.78 is 0. The summed E-state index contributed by atoms with van der Waals surface area (Å²) in [6.45, 7) is 0. The van der Waals surface area contributed by atoms with Gasteiger partial charge in [0.2, 0.25) is 0 Å². The molecule has 276 valence electrons. The third kappa shape index (κ3) is 4.40. The average molecular weight is 742 g/mol. The molecule has 0 saturated carbocycles. The van der Waals surface area contributed by atoms with Crippen molar-refractivity contribution in [2.24, 2.45) is 0 Å². The van der Waals surface area contributed by atoms with Gasteiger partial charge in [0.05, 0.1) is 11.1 Å². The molecule has 0 unspecified atom stereocenters. The molecule has 1 aliphatic heterocycles. The second-order valence-electron chi connectivity index (χ2n) is 17.5. The molecule has 0 bridgehead atoms. The monoisotopic (exact) mass is 741 g/mol. The molecule has 0 amide bonds. The van der Waals surface area contributed by atoms with E-state index in [4.69, 9.17) is 5.32 Å². The quantitative estimate of drug-likeness (QED) is 0.189. The van der Waals surface area contributed by atoms with Crippen LogP contribution in [0.4, 0.5) is 0 Å². The number of nitrogens with one attached hydrogen (secondary N) is 1. The number of benzene rings is 8. The van der Waals surface area contributed by atoms with Crippen LogP contribution in [-0.4, -0.2) is 0 Å². The van der Waals surface area contributed by atoms with Crippen LogP contribution >= 0.6 is 0 Å². The lowest BCUT2D eigenvalue weighted by molar-refractivity contribution is 0.184. The fourth-order valence-corrected chi connectivity index (χ4v) is 12.4. The van der Waals surface area contributed by atoms with Crippen LogP contribution in [0.5, 0.6) is 0 Å². The molecule has 0 spiro atoms. The van der Waals surface area contributed by atoms with Gasteiger partial charge in [0, 0.05) is 0 Å². The molecule has 58 heavy (non-hydrogen) atoms. The number of fused-ring (bicyclic) bond motifs is 12. The number of hydrogen-bond acceptors (Lipinski definition) is 1. The SMILES string of the molecule is c1ccc2c(c1)Cc1c-2cccc1C1(c2cccc3c2Cc2ccccc2-3)CCCC(c2cccc3c2Cc2ccccc2-3)(c2cccc3c2Cc2ccccc2-3)N1. The molecule has 4 aliphatic carbocycles. The minimum absolute atomic E-state index is 0.457. The zero-order valence-corrected chi connectivity index (χ0v) is 32.6. The first-order chi connectivity index (χ1) is 28.7. The smallest absolute Gasteiger partial charge is 0.0705 e. The lowest BCUT2D eigenvalue weighted by atomic mass is 9.64. The first-order valence-corrected chi connectivity index (χ1v) is 21.3. The van der Waals surface area contributed by atoms with Crippen LogP contribution in [0, 0.1) is 0 Å². The van der Waals surface area contributed by atoms with Crippen LogP contribution in [-0.2, 0) is 36.8 Å². The molecule has 1 saturated heterocycles. The van der Waals surface area contributed by atoms with Gasteiger partial charge in [0.15, 0.2) is 0 Å². The molecule has 8 aromatic rings. The molecule has 0 atom stereocenters. The second kappa shape index (κ2) is 12.1. The van der Waals surface area contributed by atoms with Gasteiger partial charge >= 0.3 is 0 Å². The third-order valence-corrected chi connectivity index (χ3v) is 14.8. The normalized spacial score (nSPS) is 16.7. The predicted molar refractivity (Wildman–Crippen MR) is 237 cm³/mol. The molecule has 1 nitrogen and oxygen atoms in total. The van der Waals surface area contributed by atoms with Crippen molar-refractivity contribution in [2.45, 2.75) is 56.0 Å². The van der Waals surface area contributed by atoms with Crippen LogP contribution in [0.1, 0.15) is 86.0 Å². The summed E-state index contributed by atoms with van der Waals surface area (Å²) in [5.41, 5.74) is 27.7. The van der Waals surface area contributed by atoms with Gasteiger partial charge in [-0.25, -0.2) is 0 Å². The van der Waals surface area contributed by atoms with Crippen molar-refractivity contribution in [1.82, 2.24) is 5.32 Å². The molecular formula is C57H43N. The van der Waals surface area contributed by atoms with E-state index in [2.05, 4.69) is 170 Å². The summed E-state index contributed by atoms with van der Waals surface area (Å²) in [5, 5.41) is 4.87. The van der Waals surface area contributed by atoms with Gasteiger partial charge in [0.1, 0.15) is 0 Å². The highest BCUT2D eigenvalue weighted by atomic mass is 15.1.